The Morgan fingerprint density at radius 3 is 2.94 bits per heavy atom. The average molecular weight is 313 g/mol. The molecule has 96 valence electrons. The van der Waals surface area contributed by atoms with E-state index in [0.717, 1.165) is 4.47 Å². The van der Waals surface area contributed by atoms with E-state index in [-0.39, 0.29) is 0 Å². The summed E-state index contributed by atoms with van der Waals surface area (Å²) >= 11 is 3.35. The van der Waals surface area contributed by atoms with E-state index in [1.807, 2.05) is 6.92 Å². The van der Waals surface area contributed by atoms with Crippen molar-refractivity contribution in [3.8, 4) is 0 Å². The fourth-order valence-electron chi connectivity index (χ4n) is 1.60. The highest BCUT2D eigenvalue weighted by Crippen LogP contribution is 2.22. The molecule has 0 atom stereocenters. The molecule has 0 spiro atoms. The third kappa shape index (κ3) is 2.17. The predicted octanol–water partition coefficient (Wildman–Crippen LogP) is 2.10. The fourth-order valence-corrected chi connectivity index (χ4v) is 1.96. The topological polar surface area (TPSA) is 68.5 Å². The molecule has 7 heteroatoms. The number of rotatable bonds is 4. The Morgan fingerprint density at radius 2 is 2.28 bits per heavy atom. The van der Waals surface area contributed by atoms with Crippen LogP contribution in [0.2, 0.25) is 0 Å². The molecule has 2 rings (SSSR count). The highest BCUT2D eigenvalue weighted by Gasteiger charge is 2.18. The van der Waals surface area contributed by atoms with Gasteiger partial charge in [-0.1, -0.05) is 0 Å². The summed E-state index contributed by atoms with van der Waals surface area (Å²) < 4.78 is 7.36. The van der Waals surface area contributed by atoms with Crippen molar-refractivity contribution in [1.29, 1.82) is 0 Å². The highest BCUT2D eigenvalue weighted by atomic mass is 79.9. The van der Waals surface area contributed by atoms with Crippen LogP contribution in [0, 0.1) is 0 Å². The second kappa shape index (κ2) is 5.34. The molecule has 2 heterocycles. The zero-order valence-electron chi connectivity index (χ0n) is 10.1. The van der Waals surface area contributed by atoms with Crippen molar-refractivity contribution in [1.82, 2.24) is 14.6 Å². The normalized spacial score (nSPS) is 10.6. The van der Waals surface area contributed by atoms with Crippen molar-refractivity contribution in [2.24, 2.45) is 0 Å². The first-order chi connectivity index (χ1) is 8.69. The van der Waals surface area contributed by atoms with Crippen LogP contribution in [0.4, 0.5) is 5.82 Å². The van der Waals surface area contributed by atoms with E-state index in [9.17, 15) is 4.79 Å². The molecule has 0 bridgehead atoms. The number of halogens is 1. The van der Waals surface area contributed by atoms with Gasteiger partial charge in [0, 0.05) is 12.7 Å². The summed E-state index contributed by atoms with van der Waals surface area (Å²) in [6, 6.07) is 0. The maximum atomic E-state index is 11.8. The minimum atomic E-state index is -0.408. The molecule has 0 aliphatic carbocycles. The number of hydrogen-bond donors (Lipinski definition) is 1. The summed E-state index contributed by atoms with van der Waals surface area (Å²) in [5.74, 6) is 0.182. The summed E-state index contributed by atoms with van der Waals surface area (Å²) in [4.78, 5) is 16.0. The molecule has 0 saturated carbocycles. The van der Waals surface area contributed by atoms with E-state index >= 15 is 0 Å². The Hall–Kier alpha value is -1.63. The van der Waals surface area contributed by atoms with E-state index in [0.29, 0.717) is 30.2 Å². The molecule has 1 N–H and O–H groups in total. The van der Waals surface area contributed by atoms with Crippen molar-refractivity contribution in [2.75, 3.05) is 18.5 Å². The molecule has 0 aliphatic heterocycles. The molecule has 2 aromatic rings. The molecule has 0 fully saturated rings. The number of hydrogen-bond acceptors (Lipinski definition) is 5. The zero-order chi connectivity index (χ0) is 13.1. The summed E-state index contributed by atoms with van der Waals surface area (Å²) in [5, 5.41) is 7.29. The van der Waals surface area contributed by atoms with Gasteiger partial charge in [-0.05, 0) is 29.8 Å². The third-order valence-electron chi connectivity index (χ3n) is 2.32. The van der Waals surface area contributed by atoms with Crippen LogP contribution in [0.3, 0.4) is 0 Å². The number of fused-ring (bicyclic) bond motifs is 1. The number of nitrogens with zero attached hydrogens (tertiary/aromatic N) is 3. The molecule has 0 saturated heterocycles. The van der Waals surface area contributed by atoms with Crippen LogP contribution in [0.5, 0.6) is 0 Å². The Bertz CT molecular complexity index is 582. The summed E-state index contributed by atoms with van der Waals surface area (Å²) in [6.07, 6.45) is 3.13. The number of carbonyl (C=O) groups excluding carboxylic acids is 1. The van der Waals surface area contributed by atoms with Crippen LogP contribution in [0.1, 0.15) is 24.2 Å². The van der Waals surface area contributed by atoms with E-state index in [2.05, 4.69) is 31.3 Å². The van der Waals surface area contributed by atoms with Crippen LogP contribution < -0.4 is 5.32 Å². The minimum Gasteiger partial charge on any atom is -0.462 e. The highest BCUT2D eigenvalue weighted by molar-refractivity contribution is 9.10. The molecule has 0 aliphatic rings. The van der Waals surface area contributed by atoms with E-state index in [4.69, 9.17) is 4.74 Å². The van der Waals surface area contributed by atoms with Gasteiger partial charge < -0.3 is 10.1 Å². The number of ether oxygens (including phenoxy) is 1. The number of esters is 1. The Kier molecular flexibility index (Phi) is 3.81. The first-order valence-electron chi connectivity index (χ1n) is 5.62. The van der Waals surface area contributed by atoms with E-state index < -0.39 is 5.97 Å². The molecule has 18 heavy (non-hydrogen) atoms. The first kappa shape index (κ1) is 12.8. The molecular formula is C11H13BrN4O2. The summed E-state index contributed by atoms with van der Waals surface area (Å²) in [7, 11) is 0. The number of aromatic nitrogens is 3. The maximum Gasteiger partial charge on any atom is 0.343 e. The van der Waals surface area contributed by atoms with Gasteiger partial charge in [0.2, 0.25) is 0 Å². The van der Waals surface area contributed by atoms with Gasteiger partial charge in [0.05, 0.1) is 17.3 Å². The van der Waals surface area contributed by atoms with Gasteiger partial charge in [0.1, 0.15) is 11.4 Å². The van der Waals surface area contributed by atoms with Crippen LogP contribution in [-0.2, 0) is 4.74 Å². The van der Waals surface area contributed by atoms with Gasteiger partial charge in [-0.15, -0.1) is 0 Å². The molecule has 0 aromatic carbocycles. The standard InChI is InChI=1S/C11H13BrN4O2/c1-3-13-9-7(11(17)18-4-2)5-14-10-8(12)6-15-16(9)10/h5-6,13H,3-4H2,1-2H3. The molecular weight excluding hydrogens is 300 g/mol. The van der Waals surface area contributed by atoms with Crippen molar-refractivity contribution < 1.29 is 9.53 Å². The molecule has 2 aromatic heterocycles. The Morgan fingerprint density at radius 1 is 1.50 bits per heavy atom. The van der Waals surface area contributed by atoms with Gasteiger partial charge in [0.15, 0.2) is 5.65 Å². The van der Waals surface area contributed by atoms with Gasteiger partial charge in [-0.2, -0.15) is 9.61 Å². The van der Waals surface area contributed by atoms with Crippen molar-refractivity contribution in [3.63, 3.8) is 0 Å². The molecule has 0 unspecified atom stereocenters. The maximum absolute atomic E-state index is 11.8. The SMILES string of the molecule is CCNc1c(C(=O)OCC)cnc2c(Br)cnn12. The van der Waals surface area contributed by atoms with Crippen LogP contribution in [0.15, 0.2) is 16.9 Å². The second-order valence-corrected chi connectivity index (χ2v) is 4.35. The molecule has 0 radical (unpaired) electrons. The monoisotopic (exact) mass is 312 g/mol. The largest absolute Gasteiger partial charge is 0.462 e. The quantitative estimate of drug-likeness (QED) is 0.876. The molecule has 0 amide bonds. The summed E-state index contributed by atoms with van der Waals surface area (Å²) in [6.45, 7) is 4.70. The smallest absolute Gasteiger partial charge is 0.343 e. The van der Waals surface area contributed by atoms with Gasteiger partial charge in [-0.25, -0.2) is 9.78 Å². The van der Waals surface area contributed by atoms with Crippen LogP contribution in [-0.4, -0.2) is 33.7 Å². The van der Waals surface area contributed by atoms with Crippen LogP contribution >= 0.6 is 15.9 Å². The zero-order valence-corrected chi connectivity index (χ0v) is 11.7. The van der Waals surface area contributed by atoms with Crippen LogP contribution in [0.25, 0.3) is 5.65 Å². The first-order valence-corrected chi connectivity index (χ1v) is 6.41. The average Bonchev–Trinajstić information content (AvgIpc) is 2.73. The van der Waals surface area contributed by atoms with Crippen molar-refractivity contribution >= 4 is 33.4 Å². The number of anilines is 1. The van der Waals surface area contributed by atoms with Crippen molar-refractivity contribution in [2.45, 2.75) is 13.8 Å². The Balaban J connectivity index is 2.58. The fraction of sp³-hybridized carbons (Fsp3) is 0.364. The number of carbonyl (C=O) groups is 1. The van der Waals surface area contributed by atoms with E-state index in [1.165, 1.54) is 6.20 Å². The minimum absolute atomic E-state index is 0.325. The lowest BCUT2D eigenvalue weighted by molar-refractivity contribution is 0.0526. The lowest BCUT2D eigenvalue weighted by Crippen LogP contribution is -2.14. The Labute approximate surface area is 112 Å². The van der Waals surface area contributed by atoms with E-state index in [1.54, 1.807) is 17.6 Å². The second-order valence-electron chi connectivity index (χ2n) is 3.50. The van der Waals surface area contributed by atoms with Crippen molar-refractivity contribution in [3.05, 3.63) is 22.4 Å². The molecule has 6 nitrogen and oxygen atoms in total. The lowest BCUT2D eigenvalue weighted by atomic mass is 10.3. The summed E-state index contributed by atoms with van der Waals surface area (Å²) in [5.41, 5.74) is 1.03. The lowest BCUT2D eigenvalue weighted by Gasteiger charge is -2.11. The predicted molar refractivity (Wildman–Crippen MR) is 70.8 cm³/mol. The van der Waals surface area contributed by atoms with Gasteiger partial charge >= 0.3 is 5.97 Å². The number of nitrogens with one attached hydrogen (secondary N) is 1. The van der Waals surface area contributed by atoms with Gasteiger partial charge in [-0.3, -0.25) is 0 Å². The van der Waals surface area contributed by atoms with Gasteiger partial charge in [0.25, 0.3) is 0 Å². The third-order valence-corrected chi connectivity index (χ3v) is 2.88.